The lowest BCUT2D eigenvalue weighted by Crippen LogP contribution is -2.60. The largest absolute Gasteiger partial charge is 0.508 e. The van der Waals surface area contributed by atoms with Crippen LogP contribution in [0.2, 0.25) is 0 Å². The van der Waals surface area contributed by atoms with Crippen molar-refractivity contribution >= 4 is 11.0 Å². The molecule has 40 heavy (non-hydrogen) atoms. The van der Waals surface area contributed by atoms with E-state index in [0.29, 0.717) is 5.56 Å². The van der Waals surface area contributed by atoms with Crippen LogP contribution >= 0.6 is 0 Å². The molecular formula is C26H28O14. The summed E-state index contributed by atoms with van der Waals surface area (Å²) in [6.45, 7) is -1.68. The maximum atomic E-state index is 12.7. The first-order valence-corrected chi connectivity index (χ1v) is 12.2. The minimum Gasteiger partial charge on any atom is -0.508 e. The normalized spacial score (nSPS) is 32.4. The summed E-state index contributed by atoms with van der Waals surface area (Å²) in [5, 5.41) is 80.6. The second kappa shape index (κ2) is 10.9. The molecule has 3 aromatic rings. The summed E-state index contributed by atoms with van der Waals surface area (Å²) < 4.78 is 27.5. The van der Waals surface area contributed by atoms with E-state index in [9.17, 15) is 45.6 Å². The van der Waals surface area contributed by atoms with Gasteiger partial charge in [0.05, 0.1) is 19.8 Å². The first kappa shape index (κ1) is 28.2. The van der Waals surface area contributed by atoms with E-state index in [4.69, 9.17) is 23.4 Å². The SMILES string of the molecule is O=c1cc(-c2ccc(O)cc2)oc2cc(O[C@@H]3OC(CO[C@@H]4OCC(O)(CO)[C@@H]4O)[C@@H](O)[C@H](O)C3O)cc(O)c12. The Morgan fingerprint density at radius 3 is 2.35 bits per heavy atom. The van der Waals surface area contributed by atoms with Gasteiger partial charge in [0.1, 0.15) is 70.1 Å². The molecule has 8 N–H and O–H groups in total. The fourth-order valence-electron chi connectivity index (χ4n) is 4.49. The van der Waals surface area contributed by atoms with E-state index in [1.807, 2.05) is 0 Å². The molecule has 14 heteroatoms. The molecule has 0 amide bonds. The molecule has 0 aliphatic carbocycles. The Morgan fingerprint density at radius 1 is 0.950 bits per heavy atom. The van der Waals surface area contributed by atoms with Crippen LogP contribution in [-0.2, 0) is 14.2 Å². The van der Waals surface area contributed by atoms with Crippen molar-refractivity contribution in [2.45, 2.75) is 48.7 Å². The topological polar surface area (TPSA) is 229 Å². The van der Waals surface area contributed by atoms with Crippen LogP contribution in [0, 0.1) is 0 Å². The van der Waals surface area contributed by atoms with Crippen LogP contribution in [0.15, 0.2) is 51.7 Å². The first-order valence-electron chi connectivity index (χ1n) is 12.2. The van der Waals surface area contributed by atoms with Crippen LogP contribution in [0.25, 0.3) is 22.3 Å². The molecule has 8 atom stereocenters. The molecule has 2 aliphatic heterocycles. The van der Waals surface area contributed by atoms with E-state index in [-0.39, 0.29) is 28.2 Å². The number of aromatic hydroxyl groups is 2. The molecule has 1 aromatic heterocycles. The molecule has 5 rings (SSSR count). The Bertz CT molecular complexity index is 1410. The van der Waals surface area contributed by atoms with Crippen molar-refractivity contribution in [2.24, 2.45) is 0 Å². The average molecular weight is 564 g/mol. The standard InChI is InChI=1S/C26H28O14/c27-9-26(35)10-37-25(23(26)34)36-8-18-20(31)21(32)22(33)24(40-18)38-13-5-14(29)19-15(30)7-16(39-17(19)6-13)11-1-3-12(28)4-2-11/h1-7,18,20-25,27-29,31-35H,8-10H2/t18?,20-,21+,22?,23-,24-,25-,26?/m1/s1. The predicted molar refractivity (Wildman–Crippen MR) is 132 cm³/mol. The number of aliphatic hydroxyl groups is 6. The fraction of sp³-hybridized carbons (Fsp3) is 0.423. The maximum Gasteiger partial charge on any atom is 0.229 e. The van der Waals surface area contributed by atoms with Crippen molar-refractivity contribution < 1.29 is 64.2 Å². The van der Waals surface area contributed by atoms with E-state index in [1.54, 1.807) is 0 Å². The Balaban J connectivity index is 1.35. The van der Waals surface area contributed by atoms with E-state index in [0.717, 1.165) is 6.07 Å². The third-order valence-electron chi connectivity index (χ3n) is 6.86. The first-order chi connectivity index (χ1) is 19.0. The van der Waals surface area contributed by atoms with Crippen molar-refractivity contribution in [3.8, 4) is 28.6 Å². The van der Waals surface area contributed by atoms with Crippen LogP contribution in [0.3, 0.4) is 0 Å². The second-order valence-electron chi connectivity index (χ2n) is 9.69. The van der Waals surface area contributed by atoms with Crippen LogP contribution in [-0.4, -0.2) is 109 Å². The fourth-order valence-corrected chi connectivity index (χ4v) is 4.49. The summed E-state index contributed by atoms with van der Waals surface area (Å²) in [4.78, 5) is 12.7. The number of ether oxygens (including phenoxy) is 4. The molecule has 2 aromatic carbocycles. The summed E-state index contributed by atoms with van der Waals surface area (Å²) in [7, 11) is 0. The zero-order valence-electron chi connectivity index (χ0n) is 20.7. The zero-order chi connectivity index (χ0) is 28.8. The summed E-state index contributed by atoms with van der Waals surface area (Å²) in [5.74, 6) is -0.456. The highest BCUT2D eigenvalue weighted by Crippen LogP contribution is 2.34. The monoisotopic (exact) mass is 564 g/mol. The van der Waals surface area contributed by atoms with Crippen molar-refractivity contribution in [1.29, 1.82) is 0 Å². The van der Waals surface area contributed by atoms with Crippen LogP contribution in [0.5, 0.6) is 17.2 Å². The minimum absolute atomic E-state index is 0.0147. The number of hydrogen-bond donors (Lipinski definition) is 8. The van der Waals surface area contributed by atoms with Gasteiger partial charge in [-0.15, -0.1) is 0 Å². The van der Waals surface area contributed by atoms with Gasteiger partial charge in [0.15, 0.2) is 11.7 Å². The predicted octanol–water partition coefficient (Wildman–Crippen LogP) is -1.49. The molecule has 0 spiro atoms. The van der Waals surface area contributed by atoms with E-state index in [1.165, 1.54) is 36.4 Å². The van der Waals surface area contributed by atoms with Gasteiger partial charge in [-0.3, -0.25) is 4.79 Å². The number of phenols is 2. The lowest BCUT2D eigenvalue weighted by atomic mass is 9.99. The van der Waals surface area contributed by atoms with Gasteiger partial charge in [0.2, 0.25) is 6.29 Å². The highest BCUT2D eigenvalue weighted by atomic mass is 16.7. The van der Waals surface area contributed by atoms with Gasteiger partial charge >= 0.3 is 0 Å². The molecule has 2 aliphatic rings. The number of aliphatic hydroxyl groups excluding tert-OH is 5. The lowest BCUT2D eigenvalue weighted by molar-refractivity contribution is -0.289. The van der Waals surface area contributed by atoms with Crippen molar-refractivity contribution in [2.75, 3.05) is 19.8 Å². The molecule has 0 bridgehead atoms. The molecule has 0 radical (unpaired) electrons. The molecular weight excluding hydrogens is 536 g/mol. The van der Waals surface area contributed by atoms with Gasteiger partial charge in [-0.25, -0.2) is 0 Å². The summed E-state index contributed by atoms with van der Waals surface area (Å²) in [6.07, 6.45) is -11.1. The molecule has 3 heterocycles. The van der Waals surface area contributed by atoms with Crippen LogP contribution in [0.4, 0.5) is 0 Å². The average Bonchev–Trinajstić information content (AvgIpc) is 3.21. The molecule has 2 saturated heterocycles. The zero-order valence-corrected chi connectivity index (χ0v) is 20.7. The third-order valence-corrected chi connectivity index (χ3v) is 6.86. The van der Waals surface area contributed by atoms with Gasteiger partial charge in [-0.2, -0.15) is 0 Å². The van der Waals surface area contributed by atoms with Gasteiger partial charge in [0, 0.05) is 23.8 Å². The number of phenolic OH excluding ortho intramolecular Hbond substituents is 2. The van der Waals surface area contributed by atoms with Crippen LogP contribution < -0.4 is 10.2 Å². The van der Waals surface area contributed by atoms with Gasteiger partial charge in [-0.05, 0) is 24.3 Å². The Morgan fingerprint density at radius 2 is 1.68 bits per heavy atom. The second-order valence-corrected chi connectivity index (χ2v) is 9.69. The minimum atomic E-state index is -1.94. The van der Waals surface area contributed by atoms with Gasteiger partial charge in [0.25, 0.3) is 0 Å². The van der Waals surface area contributed by atoms with E-state index >= 15 is 0 Å². The number of benzene rings is 2. The van der Waals surface area contributed by atoms with Crippen molar-refractivity contribution in [3.63, 3.8) is 0 Å². The molecule has 14 nitrogen and oxygen atoms in total. The summed E-state index contributed by atoms with van der Waals surface area (Å²) in [5.41, 5.74) is -2.09. The van der Waals surface area contributed by atoms with E-state index < -0.39 is 79.7 Å². The van der Waals surface area contributed by atoms with Gasteiger partial charge < -0.3 is 64.2 Å². The number of rotatable bonds is 7. The Hall–Kier alpha value is -3.31. The number of hydrogen-bond acceptors (Lipinski definition) is 14. The third kappa shape index (κ3) is 5.24. The molecule has 2 fully saturated rings. The molecule has 0 saturated carbocycles. The maximum absolute atomic E-state index is 12.7. The quantitative estimate of drug-likeness (QED) is 0.164. The number of fused-ring (bicyclic) bond motifs is 1. The summed E-state index contributed by atoms with van der Waals surface area (Å²) >= 11 is 0. The Kier molecular flexibility index (Phi) is 7.71. The highest BCUT2D eigenvalue weighted by molar-refractivity contribution is 5.86. The Labute approximate surface area is 225 Å². The summed E-state index contributed by atoms with van der Waals surface area (Å²) in [6, 6.07) is 9.39. The molecule has 3 unspecified atom stereocenters. The van der Waals surface area contributed by atoms with Crippen molar-refractivity contribution in [1.82, 2.24) is 0 Å². The van der Waals surface area contributed by atoms with E-state index in [2.05, 4.69) is 0 Å². The van der Waals surface area contributed by atoms with Crippen molar-refractivity contribution in [3.05, 3.63) is 52.7 Å². The lowest BCUT2D eigenvalue weighted by Gasteiger charge is -2.40. The highest BCUT2D eigenvalue weighted by Gasteiger charge is 2.50. The smallest absolute Gasteiger partial charge is 0.229 e. The van der Waals surface area contributed by atoms with Gasteiger partial charge in [-0.1, -0.05) is 0 Å². The van der Waals surface area contributed by atoms with Crippen LogP contribution in [0.1, 0.15) is 0 Å². The molecule has 216 valence electrons.